The monoisotopic (exact) mass is 584 g/mol. The molecule has 1 saturated heterocycles. The van der Waals surface area contributed by atoms with E-state index in [1.165, 1.54) is 15.9 Å². The number of aliphatic hydroxyl groups excluding tert-OH is 1. The van der Waals surface area contributed by atoms with E-state index in [9.17, 15) is 24.3 Å². The number of aliphatic carboxylic acids is 1. The SMILES string of the molecule is CCCCOC(=O)N1CCN(C(=O)[C@H](CCC(=O)O)NC(=O)c2cc(OCCCCO)cc(-c3ccccc3)n2)CC1. The summed E-state index contributed by atoms with van der Waals surface area (Å²) < 4.78 is 11.1. The molecule has 1 aromatic carbocycles. The number of aromatic nitrogens is 1. The molecule has 1 aromatic heterocycles. The number of hydrogen-bond donors (Lipinski definition) is 3. The third-order valence-electron chi connectivity index (χ3n) is 6.75. The van der Waals surface area contributed by atoms with Crippen molar-refractivity contribution >= 4 is 23.9 Å². The number of nitrogens with one attached hydrogen (secondary N) is 1. The number of pyridine rings is 1. The van der Waals surface area contributed by atoms with E-state index in [-0.39, 0.29) is 51.3 Å². The van der Waals surface area contributed by atoms with Crippen molar-refractivity contribution in [3.8, 4) is 17.0 Å². The normalized spacial score (nSPS) is 13.8. The molecule has 1 fully saturated rings. The highest BCUT2D eigenvalue weighted by atomic mass is 16.6. The maximum Gasteiger partial charge on any atom is 0.409 e. The van der Waals surface area contributed by atoms with E-state index in [4.69, 9.17) is 14.6 Å². The Labute approximate surface area is 245 Å². The molecule has 0 radical (unpaired) electrons. The van der Waals surface area contributed by atoms with E-state index in [1.54, 1.807) is 6.07 Å². The topological polar surface area (TPSA) is 159 Å². The molecule has 3 amide bonds. The fourth-order valence-electron chi connectivity index (χ4n) is 4.35. The van der Waals surface area contributed by atoms with Crippen LogP contribution in [0.2, 0.25) is 0 Å². The standard InChI is InChI=1S/C30H40N4O8/c1-2-3-18-42-30(40)34-15-13-33(14-16-34)29(39)24(11-12-27(36)37)32-28(38)26-21-23(41-19-8-7-17-35)20-25(31-26)22-9-5-4-6-10-22/h4-6,9-10,20-21,24,35H,2-3,7-8,11-19H2,1H3,(H,32,38)(H,36,37)/t24-/m0/s1. The number of unbranched alkanes of at least 4 members (excludes halogenated alkanes) is 2. The van der Waals surface area contributed by atoms with E-state index >= 15 is 0 Å². The Morgan fingerprint density at radius 1 is 0.976 bits per heavy atom. The third-order valence-corrected chi connectivity index (χ3v) is 6.75. The molecule has 0 bridgehead atoms. The van der Waals surface area contributed by atoms with Gasteiger partial charge in [-0.1, -0.05) is 43.7 Å². The van der Waals surface area contributed by atoms with Gasteiger partial charge in [0.1, 0.15) is 17.5 Å². The summed E-state index contributed by atoms with van der Waals surface area (Å²) in [6, 6.07) is 11.3. The molecule has 2 aromatic rings. The number of benzene rings is 1. The first-order valence-electron chi connectivity index (χ1n) is 14.4. The molecule has 42 heavy (non-hydrogen) atoms. The number of hydrogen-bond acceptors (Lipinski definition) is 8. The Balaban J connectivity index is 1.74. The van der Waals surface area contributed by atoms with Crippen LogP contribution >= 0.6 is 0 Å². The zero-order chi connectivity index (χ0) is 30.3. The maximum atomic E-state index is 13.4. The van der Waals surface area contributed by atoms with Gasteiger partial charge in [0.25, 0.3) is 5.91 Å². The number of carbonyl (C=O) groups excluding carboxylic acids is 3. The highest BCUT2D eigenvalue weighted by molar-refractivity contribution is 5.97. The lowest BCUT2D eigenvalue weighted by Crippen LogP contribution is -2.56. The van der Waals surface area contributed by atoms with Gasteiger partial charge in [0.15, 0.2) is 0 Å². The first-order valence-corrected chi connectivity index (χ1v) is 14.4. The Hall–Kier alpha value is -4.19. The number of rotatable bonds is 15. The predicted octanol–water partition coefficient (Wildman–Crippen LogP) is 2.94. The molecule has 0 saturated carbocycles. The van der Waals surface area contributed by atoms with Crippen molar-refractivity contribution < 1.29 is 38.9 Å². The molecular weight excluding hydrogens is 544 g/mol. The minimum absolute atomic E-state index is 0.0151. The van der Waals surface area contributed by atoms with Gasteiger partial charge in [-0.15, -0.1) is 0 Å². The van der Waals surface area contributed by atoms with Gasteiger partial charge in [0.05, 0.1) is 18.9 Å². The van der Waals surface area contributed by atoms with Crippen LogP contribution in [0.5, 0.6) is 5.75 Å². The minimum Gasteiger partial charge on any atom is -0.493 e. The largest absolute Gasteiger partial charge is 0.493 e. The van der Waals surface area contributed by atoms with Gasteiger partial charge in [0, 0.05) is 56.9 Å². The highest BCUT2D eigenvalue weighted by Gasteiger charge is 2.31. The van der Waals surface area contributed by atoms with Gasteiger partial charge in [0.2, 0.25) is 5.91 Å². The fourth-order valence-corrected chi connectivity index (χ4v) is 4.35. The Bertz CT molecular complexity index is 1190. The lowest BCUT2D eigenvalue weighted by molar-refractivity contribution is -0.138. The Morgan fingerprint density at radius 3 is 2.36 bits per heavy atom. The number of aliphatic hydroxyl groups is 1. The molecule has 3 N–H and O–H groups in total. The second-order valence-electron chi connectivity index (χ2n) is 9.96. The molecule has 2 heterocycles. The lowest BCUT2D eigenvalue weighted by atomic mass is 10.1. The molecule has 0 spiro atoms. The molecule has 12 heteroatoms. The van der Waals surface area contributed by atoms with Crippen LogP contribution in [0, 0.1) is 0 Å². The van der Waals surface area contributed by atoms with Crippen LogP contribution in [-0.2, 0) is 14.3 Å². The summed E-state index contributed by atoms with van der Waals surface area (Å²) in [5.74, 6) is -1.76. The van der Waals surface area contributed by atoms with Crippen LogP contribution in [0.3, 0.4) is 0 Å². The number of nitrogens with zero attached hydrogens (tertiary/aromatic N) is 3. The lowest BCUT2D eigenvalue weighted by Gasteiger charge is -2.36. The summed E-state index contributed by atoms with van der Waals surface area (Å²) in [5, 5.41) is 21.0. The zero-order valence-corrected chi connectivity index (χ0v) is 24.0. The second-order valence-corrected chi connectivity index (χ2v) is 9.96. The summed E-state index contributed by atoms with van der Waals surface area (Å²) in [6.07, 6.45) is 2.02. The van der Waals surface area contributed by atoms with E-state index < -0.39 is 29.9 Å². The van der Waals surface area contributed by atoms with Crippen LogP contribution in [0.15, 0.2) is 42.5 Å². The zero-order valence-electron chi connectivity index (χ0n) is 24.0. The molecule has 1 aliphatic heterocycles. The number of carbonyl (C=O) groups is 4. The van der Waals surface area contributed by atoms with E-state index in [0.717, 1.165) is 18.4 Å². The van der Waals surface area contributed by atoms with Gasteiger partial charge in [-0.3, -0.25) is 14.4 Å². The van der Waals surface area contributed by atoms with Crippen molar-refractivity contribution in [2.75, 3.05) is 46.0 Å². The molecule has 1 atom stereocenters. The molecule has 228 valence electrons. The van der Waals surface area contributed by atoms with Crippen LogP contribution in [0.1, 0.15) is 55.9 Å². The molecular formula is C30H40N4O8. The number of carboxylic acid groups (broad SMARTS) is 1. The minimum atomic E-state index is -1.10. The summed E-state index contributed by atoms with van der Waals surface area (Å²) >= 11 is 0. The summed E-state index contributed by atoms with van der Waals surface area (Å²) in [6.45, 7) is 3.73. The van der Waals surface area contributed by atoms with E-state index in [0.29, 0.717) is 37.5 Å². The van der Waals surface area contributed by atoms with Gasteiger partial charge in [-0.05, 0) is 25.7 Å². The first-order chi connectivity index (χ1) is 20.3. The van der Waals surface area contributed by atoms with Crippen molar-refractivity contribution in [2.24, 2.45) is 0 Å². The van der Waals surface area contributed by atoms with Crippen LogP contribution in [-0.4, -0.2) is 101 Å². The highest BCUT2D eigenvalue weighted by Crippen LogP contribution is 2.24. The number of ether oxygens (including phenoxy) is 2. The average Bonchev–Trinajstić information content (AvgIpc) is 3.01. The Kier molecular flexibility index (Phi) is 13.0. The van der Waals surface area contributed by atoms with Gasteiger partial charge in [-0.2, -0.15) is 0 Å². The van der Waals surface area contributed by atoms with Crippen molar-refractivity contribution in [2.45, 2.75) is 51.5 Å². The van der Waals surface area contributed by atoms with Crippen LogP contribution in [0.4, 0.5) is 4.79 Å². The van der Waals surface area contributed by atoms with Crippen molar-refractivity contribution in [1.29, 1.82) is 0 Å². The van der Waals surface area contributed by atoms with E-state index in [2.05, 4.69) is 10.3 Å². The van der Waals surface area contributed by atoms with E-state index in [1.807, 2.05) is 37.3 Å². The molecule has 12 nitrogen and oxygen atoms in total. The van der Waals surface area contributed by atoms with Crippen molar-refractivity contribution in [1.82, 2.24) is 20.1 Å². The van der Waals surface area contributed by atoms with Gasteiger partial charge in [-0.25, -0.2) is 9.78 Å². The average molecular weight is 585 g/mol. The van der Waals surface area contributed by atoms with Gasteiger partial charge >= 0.3 is 12.1 Å². The van der Waals surface area contributed by atoms with Crippen LogP contribution < -0.4 is 10.1 Å². The number of amides is 3. The summed E-state index contributed by atoms with van der Waals surface area (Å²) in [5.41, 5.74) is 1.27. The van der Waals surface area contributed by atoms with Crippen LogP contribution in [0.25, 0.3) is 11.3 Å². The van der Waals surface area contributed by atoms with Crippen molar-refractivity contribution in [3.63, 3.8) is 0 Å². The summed E-state index contributed by atoms with van der Waals surface area (Å²) in [4.78, 5) is 58.0. The Morgan fingerprint density at radius 2 is 1.69 bits per heavy atom. The first kappa shape index (κ1) is 32.3. The molecule has 1 aliphatic rings. The van der Waals surface area contributed by atoms with Gasteiger partial charge < -0.3 is 34.8 Å². The summed E-state index contributed by atoms with van der Waals surface area (Å²) in [7, 11) is 0. The fraction of sp³-hybridized carbons (Fsp3) is 0.500. The quantitative estimate of drug-likeness (QED) is 0.268. The maximum absolute atomic E-state index is 13.4. The second kappa shape index (κ2) is 16.9. The molecule has 0 unspecified atom stereocenters. The predicted molar refractivity (Wildman–Crippen MR) is 154 cm³/mol. The third kappa shape index (κ3) is 10.0. The molecule has 3 rings (SSSR count). The smallest absolute Gasteiger partial charge is 0.409 e. The number of piperazine rings is 1. The number of carboxylic acids is 1. The van der Waals surface area contributed by atoms with Crippen molar-refractivity contribution in [3.05, 3.63) is 48.2 Å². The molecule has 0 aliphatic carbocycles.